The van der Waals surface area contributed by atoms with Gasteiger partial charge >= 0.3 is 0 Å². The fraction of sp³-hybridized carbons (Fsp3) is 0.600. The standard InChI is InChI=1S/C10H18O2/c1-5-7-8-12-10(11-4)9(3)6-2/h5-6,10H,1,7-8H2,2-4H3. The zero-order valence-corrected chi connectivity index (χ0v) is 8.17. The molecule has 12 heavy (non-hydrogen) atoms. The maximum atomic E-state index is 5.42. The summed E-state index contributed by atoms with van der Waals surface area (Å²) in [4.78, 5) is 0. The molecule has 0 aliphatic rings. The second kappa shape index (κ2) is 7.07. The molecule has 0 rings (SSSR count). The van der Waals surface area contributed by atoms with Crippen molar-refractivity contribution in [3.05, 3.63) is 24.3 Å². The lowest BCUT2D eigenvalue weighted by atomic mass is 10.3. The first-order chi connectivity index (χ1) is 5.76. The van der Waals surface area contributed by atoms with Gasteiger partial charge in [-0.2, -0.15) is 0 Å². The fourth-order valence-corrected chi connectivity index (χ4v) is 0.780. The molecular formula is C10H18O2. The molecule has 0 saturated carbocycles. The SMILES string of the molecule is C=CCCOC(OC)C(C)=CC. The summed E-state index contributed by atoms with van der Waals surface area (Å²) in [6.45, 7) is 8.23. The van der Waals surface area contributed by atoms with E-state index >= 15 is 0 Å². The van der Waals surface area contributed by atoms with Crippen molar-refractivity contribution in [2.24, 2.45) is 0 Å². The van der Waals surface area contributed by atoms with Crippen molar-refractivity contribution in [2.75, 3.05) is 13.7 Å². The van der Waals surface area contributed by atoms with Crippen LogP contribution >= 0.6 is 0 Å². The van der Waals surface area contributed by atoms with Crippen molar-refractivity contribution in [2.45, 2.75) is 26.6 Å². The molecule has 1 atom stereocenters. The van der Waals surface area contributed by atoms with Gasteiger partial charge in [-0.15, -0.1) is 6.58 Å². The lowest BCUT2D eigenvalue weighted by molar-refractivity contribution is -0.0966. The van der Waals surface area contributed by atoms with Crippen LogP contribution in [0.2, 0.25) is 0 Å². The Bertz CT molecular complexity index is 150. The van der Waals surface area contributed by atoms with Crippen molar-refractivity contribution < 1.29 is 9.47 Å². The van der Waals surface area contributed by atoms with E-state index in [1.54, 1.807) is 7.11 Å². The van der Waals surface area contributed by atoms with E-state index in [0.29, 0.717) is 6.61 Å². The van der Waals surface area contributed by atoms with Crippen LogP contribution in [-0.4, -0.2) is 20.0 Å². The van der Waals surface area contributed by atoms with Crippen LogP contribution in [0, 0.1) is 0 Å². The molecule has 0 aromatic carbocycles. The first-order valence-electron chi connectivity index (χ1n) is 4.14. The van der Waals surface area contributed by atoms with Gasteiger partial charge in [0.05, 0.1) is 6.61 Å². The molecule has 0 saturated heterocycles. The summed E-state index contributed by atoms with van der Waals surface area (Å²) >= 11 is 0. The third-order valence-corrected chi connectivity index (χ3v) is 1.63. The average molecular weight is 170 g/mol. The Balaban J connectivity index is 3.75. The zero-order valence-electron chi connectivity index (χ0n) is 8.17. The molecule has 2 nitrogen and oxygen atoms in total. The van der Waals surface area contributed by atoms with Gasteiger partial charge in [0.2, 0.25) is 0 Å². The predicted molar refractivity (Wildman–Crippen MR) is 51.0 cm³/mol. The number of allylic oxidation sites excluding steroid dienone is 1. The second-order valence-electron chi connectivity index (χ2n) is 2.55. The number of methoxy groups -OCH3 is 1. The molecular weight excluding hydrogens is 152 g/mol. The second-order valence-corrected chi connectivity index (χ2v) is 2.55. The molecule has 0 bridgehead atoms. The van der Waals surface area contributed by atoms with E-state index in [-0.39, 0.29) is 6.29 Å². The Kier molecular flexibility index (Phi) is 6.72. The monoisotopic (exact) mass is 170 g/mol. The molecule has 0 aromatic rings. The highest BCUT2D eigenvalue weighted by molar-refractivity contribution is 4.99. The lowest BCUT2D eigenvalue weighted by Crippen LogP contribution is -2.17. The van der Waals surface area contributed by atoms with E-state index in [2.05, 4.69) is 6.58 Å². The van der Waals surface area contributed by atoms with Crippen molar-refractivity contribution >= 4 is 0 Å². The smallest absolute Gasteiger partial charge is 0.179 e. The summed E-state index contributed by atoms with van der Waals surface area (Å²) in [5.41, 5.74) is 1.10. The third kappa shape index (κ3) is 4.31. The van der Waals surface area contributed by atoms with Gasteiger partial charge in [0.15, 0.2) is 6.29 Å². The van der Waals surface area contributed by atoms with Crippen molar-refractivity contribution in [1.29, 1.82) is 0 Å². The van der Waals surface area contributed by atoms with Crippen molar-refractivity contribution in [3.63, 3.8) is 0 Å². The molecule has 0 radical (unpaired) electrons. The van der Waals surface area contributed by atoms with E-state index in [9.17, 15) is 0 Å². The van der Waals surface area contributed by atoms with Gasteiger partial charge in [0, 0.05) is 7.11 Å². The quantitative estimate of drug-likeness (QED) is 0.346. The largest absolute Gasteiger partial charge is 0.352 e. The molecule has 0 amide bonds. The van der Waals surface area contributed by atoms with Gasteiger partial charge in [-0.1, -0.05) is 12.2 Å². The highest BCUT2D eigenvalue weighted by Gasteiger charge is 2.07. The van der Waals surface area contributed by atoms with Crippen LogP contribution < -0.4 is 0 Å². The van der Waals surface area contributed by atoms with Gasteiger partial charge in [-0.25, -0.2) is 0 Å². The third-order valence-electron chi connectivity index (χ3n) is 1.63. The Morgan fingerprint density at radius 2 is 2.25 bits per heavy atom. The van der Waals surface area contributed by atoms with Gasteiger partial charge in [0.25, 0.3) is 0 Å². The number of hydrogen-bond acceptors (Lipinski definition) is 2. The van der Waals surface area contributed by atoms with E-state index in [0.717, 1.165) is 12.0 Å². The van der Waals surface area contributed by atoms with Gasteiger partial charge in [-0.3, -0.25) is 0 Å². The normalized spacial score (nSPS) is 14.4. The van der Waals surface area contributed by atoms with E-state index in [1.165, 1.54) is 0 Å². The van der Waals surface area contributed by atoms with E-state index < -0.39 is 0 Å². The maximum absolute atomic E-state index is 5.42. The number of hydrogen-bond donors (Lipinski definition) is 0. The molecule has 2 heteroatoms. The van der Waals surface area contributed by atoms with Crippen molar-refractivity contribution in [1.82, 2.24) is 0 Å². The van der Waals surface area contributed by atoms with Crippen LogP contribution in [0.5, 0.6) is 0 Å². The van der Waals surface area contributed by atoms with Gasteiger partial charge in [-0.05, 0) is 25.8 Å². The van der Waals surface area contributed by atoms with Crippen LogP contribution in [-0.2, 0) is 9.47 Å². The first-order valence-corrected chi connectivity index (χ1v) is 4.14. The summed E-state index contributed by atoms with van der Waals surface area (Å²) < 4.78 is 10.5. The van der Waals surface area contributed by atoms with Crippen LogP contribution in [0.3, 0.4) is 0 Å². The topological polar surface area (TPSA) is 18.5 Å². The molecule has 70 valence electrons. The highest BCUT2D eigenvalue weighted by Crippen LogP contribution is 2.06. The summed E-state index contributed by atoms with van der Waals surface area (Å²) in [6.07, 6.45) is 4.48. The molecule has 0 aliphatic carbocycles. The molecule has 0 heterocycles. The van der Waals surface area contributed by atoms with Crippen molar-refractivity contribution in [3.8, 4) is 0 Å². The Morgan fingerprint density at radius 3 is 2.67 bits per heavy atom. The Morgan fingerprint density at radius 1 is 1.58 bits per heavy atom. The van der Waals surface area contributed by atoms with E-state index in [4.69, 9.17) is 9.47 Å². The fourth-order valence-electron chi connectivity index (χ4n) is 0.780. The molecule has 0 aromatic heterocycles. The number of rotatable bonds is 6. The molecule has 1 unspecified atom stereocenters. The minimum absolute atomic E-state index is 0.199. The average Bonchev–Trinajstić information content (AvgIpc) is 2.11. The molecule has 0 fully saturated rings. The predicted octanol–water partition coefficient (Wildman–Crippen LogP) is 2.52. The summed E-state index contributed by atoms with van der Waals surface area (Å²) in [7, 11) is 1.64. The molecule has 0 aliphatic heterocycles. The Hall–Kier alpha value is -0.600. The summed E-state index contributed by atoms with van der Waals surface area (Å²) in [5, 5.41) is 0. The van der Waals surface area contributed by atoms with Crippen LogP contribution in [0.25, 0.3) is 0 Å². The minimum atomic E-state index is -0.199. The minimum Gasteiger partial charge on any atom is -0.352 e. The lowest BCUT2D eigenvalue weighted by Gasteiger charge is -2.15. The zero-order chi connectivity index (χ0) is 9.40. The number of ether oxygens (including phenoxy) is 2. The molecule has 0 N–H and O–H groups in total. The summed E-state index contributed by atoms with van der Waals surface area (Å²) in [5.74, 6) is 0. The molecule has 0 spiro atoms. The van der Waals surface area contributed by atoms with Gasteiger partial charge < -0.3 is 9.47 Å². The van der Waals surface area contributed by atoms with Crippen LogP contribution in [0.15, 0.2) is 24.3 Å². The highest BCUT2D eigenvalue weighted by atomic mass is 16.7. The Labute approximate surface area is 74.9 Å². The van der Waals surface area contributed by atoms with Crippen LogP contribution in [0.1, 0.15) is 20.3 Å². The van der Waals surface area contributed by atoms with E-state index in [1.807, 2.05) is 26.0 Å². The van der Waals surface area contributed by atoms with Gasteiger partial charge in [0.1, 0.15) is 0 Å². The van der Waals surface area contributed by atoms with Crippen LogP contribution in [0.4, 0.5) is 0 Å². The first kappa shape index (κ1) is 11.4. The summed E-state index contributed by atoms with van der Waals surface area (Å²) in [6, 6.07) is 0. The maximum Gasteiger partial charge on any atom is 0.179 e.